The molecule has 15 rings (SSSR count). The molecule has 9 aromatic carbocycles. The van der Waals surface area contributed by atoms with Crippen LogP contribution in [0.15, 0.2) is 218 Å². The topological polar surface area (TPSA) is 66.7 Å². The lowest BCUT2D eigenvalue weighted by Crippen LogP contribution is -1.94. The molecule has 6 aromatic heterocycles. The van der Waals surface area contributed by atoms with E-state index in [1.165, 1.54) is 14.6 Å². The molecule has 0 N–H and O–H groups in total. The second-order valence-corrected chi connectivity index (χ2v) is 18.0. The van der Waals surface area contributed by atoms with E-state index in [0.717, 1.165) is 101 Å². The van der Waals surface area contributed by atoms with Crippen LogP contribution in [0.4, 0.5) is 0 Å². The Morgan fingerprint density at radius 1 is 0.269 bits per heavy atom. The smallest absolute Gasteiger partial charge is 0.220 e. The molecule has 0 atom stereocenters. The molecular weight excluding hydrogens is 938 g/mol. The number of hydrogen-bond acceptors (Lipinski definition) is 3. The van der Waals surface area contributed by atoms with Crippen molar-refractivity contribution in [3.63, 3.8) is 0 Å². The highest BCUT2D eigenvalue weighted by Gasteiger charge is 2.21. The van der Waals surface area contributed by atoms with E-state index < -0.39 is 0 Å². The fourth-order valence-electron chi connectivity index (χ4n) is 10.0. The minimum atomic E-state index is 0.909. The van der Waals surface area contributed by atoms with Gasteiger partial charge in [-0.1, -0.05) is 103 Å². The Balaban J connectivity index is 0.000000156. The second-order valence-electron chi connectivity index (χ2n) is 16.8. The van der Waals surface area contributed by atoms with Crippen molar-refractivity contribution >= 4 is 106 Å². The predicted molar refractivity (Wildman–Crippen MR) is 280 cm³/mol. The van der Waals surface area contributed by atoms with Crippen LogP contribution < -0.4 is 0 Å². The number of nitrogens with zero attached hydrogens (tertiary/aromatic N) is 9. The summed E-state index contributed by atoms with van der Waals surface area (Å²) in [6, 6.07) is 76.4. The number of fused-ring (bicyclic) bond motifs is 15. The number of hydrogen-bond donors (Lipinski definition) is 0. The summed E-state index contributed by atoms with van der Waals surface area (Å²) >= 11 is 2.36. The Labute approximate surface area is 395 Å². The van der Waals surface area contributed by atoms with E-state index in [1.54, 1.807) is 0 Å². The molecule has 67 heavy (non-hydrogen) atoms. The molecule has 0 saturated carbocycles. The average molecular weight is 974 g/mol. The SMILES string of the molecule is Ic1ccc2c(c1)n1c3ccccc3nc1n2-c1ccccc1.c1ccc(-n2c3ccc(-c4ccc5c(c4)n4c6ccccc6nc4n5-c4ccccc4)cc3n3c4ccccc4nc23)cc1. The maximum absolute atomic E-state index is 5.07. The number of aromatic nitrogens is 9. The maximum atomic E-state index is 5.07. The molecule has 0 spiro atoms. The van der Waals surface area contributed by atoms with Crippen LogP contribution in [0.25, 0.3) is 112 Å². The summed E-state index contributed by atoms with van der Waals surface area (Å²) in [7, 11) is 0. The van der Waals surface area contributed by atoms with Crippen molar-refractivity contribution in [3.8, 4) is 28.2 Å². The molecule has 9 nitrogen and oxygen atoms in total. The number of halogens is 1. The number of benzene rings is 9. The number of imidazole rings is 6. The third-order valence-corrected chi connectivity index (χ3v) is 13.6. The molecule has 0 radical (unpaired) electrons. The fraction of sp³-hybridized carbons (Fsp3) is 0. The summed E-state index contributed by atoms with van der Waals surface area (Å²) in [5.74, 6) is 2.77. The average Bonchev–Trinajstić information content (AvgIpc) is 4.22. The Morgan fingerprint density at radius 3 is 0.955 bits per heavy atom. The lowest BCUT2D eigenvalue weighted by Gasteiger charge is -2.08. The van der Waals surface area contributed by atoms with Crippen molar-refractivity contribution in [3.05, 3.63) is 222 Å². The van der Waals surface area contributed by atoms with E-state index in [0.29, 0.717) is 0 Å². The second kappa shape index (κ2) is 14.8. The van der Waals surface area contributed by atoms with Gasteiger partial charge in [0, 0.05) is 20.6 Å². The van der Waals surface area contributed by atoms with Crippen LogP contribution in [0, 0.1) is 3.57 Å². The molecule has 0 unspecified atom stereocenters. The van der Waals surface area contributed by atoms with Crippen LogP contribution in [0.5, 0.6) is 0 Å². The van der Waals surface area contributed by atoms with E-state index in [2.05, 4.69) is 231 Å². The lowest BCUT2D eigenvalue weighted by atomic mass is 10.0. The standard InChI is InChI=1S/C38H24N6.C19H12IN3/c1-3-11-27(12-4-1)41-33-21-19-25(23-35(33)43-31-17-9-7-15-29(31)39-37(41)43)26-20-22-34-36(24-26)44-32-18-10-8-16-30(32)40-38(44)42(34)28-13-5-2-6-14-28;20-13-10-11-17-18(12-13)23-16-9-5-4-8-15(16)21-19(23)22(17)14-6-2-1-3-7-14/h1-24H;1-12H. The predicted octanol–water partition coefficient (Wildman–Crippen LogP) is 13.9. The number of rotatable bonds is 4. The van der Waals surface area contributed by atoms with Crippen molar-refractivity contribution in [2.45, 2.75) is 0 Å². The van der Waals surface area contributed by atoms with Crippen molar-refractivity contribution in [1.29, 1.82) is 0 Å². The first-order valence-electron chi connectivity index (χ1n) is 22.2. The first kappa shape index (κ1) is 37.9. The van der Waals surface area contributed by atoms with Crippen LogP contribution in [0.2, 0.25) is 0 Å². The van der Waals surface area contributed by atoms with Crippen LogP contribution in [0.3, 0.4) is 0 Å². The molecule has 0 bridgehead atoms. The Kier molecular flexibility index (Phi) is 8.35. The van der Waals surface area contributed by atoms with Gasteiger partial charge in [-0.2, -0.15) is 0 Å². The van der Waals surface area contributed by atoms with E-state index in [9.17, 15) is 0 Å². The first-order valence-corrected chi connectivity index (χ1v) is 23.3. The summed E-state index contributed by atoms with van der Waals surface area (Å²) in [5, 5.41) is 0. The quantitative estimate of drug-likeness (QED) is 0.165. The van der Waals surface area contributed by atoms with E-state index in [-0.39, 0.29) is 0 Å². The summed E-state index contributed by atoms with van der Waals surface area (Å²) < 4.78 is 14.8. The van der Waals surface area contributed by atoms with Crippen molar-refractivity contribution in [1.82, 2.24) is 41.9 Å². The zero-order chi connectivity index (χ0) is 44.2. The minimum Gasteiger partial charge on any atom is -0.278 e. The van der Waals surface area contributed by atoms with Crippen LogP contribution in [0.1, 0.15) is 0 Å². The Morgan fingerprint density at radius 2 is 0.582 bits per heavy atom. The summed E-state index contributed by atoms with van der Waals surface area (Å²) in [6.07, 6.45) is 0. The molecule has 316 valence electrons. The highest BCUT2D eigenvalue weighted by atomic mass is 127. The van der Waals surface area contributed by atoms with Crippen LogP contribution in [-0.4, -0.2) is 41.9 Å². The molecule has 0 aliphatic heterocycles. The van der Waals surface area contributed by atoms with E-state index in [1.807, 2.05) is 36.4 Å². The van der Waals surface area contributed by atoms with Gasteiger partial charge in [-0.15, -0.1) is 0 Å². The van der Waals surface area contributed by atoms with Gasteiger partial charge < -0.3 is 0 Å². The third-order valence-electron chi connectivity index (χ3n) is 12.9. The van der Waals surface area contributed by atoms with Crippen molar-refractivity contribution < 1.29 is 0 Å². The van der Waals surface area contributed by atoms with E-state index in [4.69, 9.17) is 15.0 Å². The molecular formula is C57H36IN9. The Bertz CT molecular complexity index is 4210. The zero-order valence-electron chi connectivity index (χ0n) is 35.7. The molecule has 0 amide bonds. The summed E-state index contributed by atoms with van der Waals surface area (Å²) in [6.45, 7) is 0. The summed E-state index contributed by atoms with van der Waals surface area (Å²) in [4.78, 5) is 15.0. The monoisotopic (exact) mass is 973 g/mol. The molecule has 0 fully saturated rings. The molecule has 0 saturated heterocycles. The van der Waals surface area contributed by atoms with Gasteiger partial charge in [-0.25, -0.2) is 15.0 Å². The maximum Gasteiger partial charge on any atom is 0.220 e. The molecule has 0 aliphatic rings. The Hall–Kier alpha value is -8.48. The van der Waals surface area contributed by atoms with Gasteiger partial charge in [0.1, 0.15) is 0 Å². The fourth-order valence-corrected chi connectivity index (χ4v) is 10.5. The minimum absolute atomic E-state index is 0.909. The highest BCUT2D eigenvalue weighted by Crippen LogP contribution is 2.36. The van der Waals surface area contributed by atoms with Gasteiger partial charge in [0.2, 0.25) is 17.3 Å². The van der Waals surface area contributed by atoms with Crippen LogP contribution >= 0.6 is 22.6 Å². The number of para-hydroxylation sites is 9. The van der Waals surface area contributed by atoms with E-state index >= 15 is 0 Å². The third kappa shape index (κ3) is 5.76. The highest BCUT2D eigenvalue weighted by molar-refractivity contribution is 14.1. The lowest BCUT2D eigenvalue weighted by molar-refractivity contribution is 1.11. The van der Waals surface area contributed by atoms with Gasteiger partial charge in [0.05, 0.1) is 66.2 Å². The molecule has 15 aromatic rings. The first-order chi connectivity index (χ1) is 33.2. The largest absolute Gasteiger partial charge is 0.278 e. The van der Waals surface area contributed by atoms with Gasteiger partial charge >= 0.3 is 0 Å². The van der Waals surface area contributed by atoms with Gasteiger partial charge in [0.15, 0.2) is 0 Å². The zero-order valence-corrected chi connectivity index (χ0v) is 37.8. The van der Waals surface area contributed by atoms with Gasteiger partial charge in [-0.3, -0.25) is 26.9 Å². The van der Waals surface area contributed by atoms with Crippen LogP contribution in [-0.2, 0) is 0 Å². The molecule has 10 heteroatoms. The van der Waals surface area contributed by atoms with Crippen molar-refractivity contribution in [2.24, 2.45) is 0 Å². The van der Waals surface area contributed by atoms with Gasteiger partial charge in [-0.05, 0) is 149 Å². The van der Waals surface area contributed by atoms with Crippen molar-refractivity contribution in [2.75, 3.05) is 0 Å². The van der Waals surface area contributed by atoms with Gasteiger partial charge in [0.25, 0.3) is 0 Å². The molecule has 6 heterocycles. The molecule has 0 aliphatic carbocycles. The normalized spacial score (nSPS) is 12.0. The summed E-state index contributed by atoms with van der Waals surface area (Å²) in [5.41, 5.74) is 18.8.